The maximum absolute atomic E-state index is 14.9. The van der Waals surface area contributed by atoms with Crippen LogP contribution in [0.3, 0.4) is 0 Å². The molecule has 1 saturated heterocycles. The van der Waals surface area contributed by atoms with Gasteiger partial charge in [0.25, 0.3) is 5.91 Å². The van der Waals surface area contributed by atoms with E-state index in [1.165, 1.54) is 0 Å². The summed E-state index contributed by atoms with van der Waals surface area (Å²) in [6, 6.07) is 32.7. The quantitative estimate of drug-likeness (QED) is 0.0955. The summed E-state index contributed by atoms with van der Waals surface area (Å²) in [6.07, 6.45) is 1.88. The molecule has 1 spiro atoms. The number of nitrogens with zero attached hydrogens (tertiary/aromatic N) is 3. The van der Waals surface area contributed by atoms with Crippen molar-refractivity contribution in [3.8, 4) is 5.75 Å². The molecule has 4 aromatic carbocycles. The molecule has 1 N–H and O–H groups in total. The van der Waals surface area contributed by atoms with Crippen LogP contribution in [0.25, 0.3) is 0 Å². The first-order valence-corrected chi connectivity index (χ1v) is 20.8. The van der Waals surface area contributed by atoms with Crippen LogP contribution in [-0.2, 0) is 31.3 Å². The molecule has 9 nitrogen and oxygen atoms in total. The van der Waals surface area contributed by atoms with E-state index in [0.717, 1.165) is 22.9 Å². The van der Waals surface area contributed by atoms with Gasteiger partial charge in [0, 0.05) is 42.5 Å². The molecule has 0 radical (unpaired) electrons. The maximum Gasteiger partial charge on any atom is 0.264 e. The number of carbonyl (C=O) groups excluding carboxylic acids is 3. The molecule has 0 bridgehead atoms. The van der Waals surface area contributed by atoms with E-state index in [4.69, 9.17) is 9.47 Å². The van der Waals surface area contributed by atoms with Crippen LogP contribution < -0.4 is 19.7 Å². The summed E-state index contributed by atoms with van der Waals surface area (Å²) in [7, 11) is -0.902. The van der Waals surface area contributed by atoms with E-state index in [1.54, 1.807) is 27.9 Å². The first-order chi connectivity index (χ1) is 25.1. The van der Waals surface area contributed by atoms with Gasteiger partial charge in [-0.05, 0) is 53.6 Å². The second-order valence-electron chi connectivity index (χ2n) is 14.1. The van der Waals surface area contributed by atoms with Gasteiger partial charge in [0.2, 0.25) is 12.3 Å². The fourth-order valence-electron chi connectivity index (χ4n) is 8.34. The van der Waals surface area contributed by atoms with E-state index >= 15 is 0 Å². The second kappa shape index (κ2) is 15.3. The van der Waals surface area contributed by atoms with Crippen LogP contribution in [0.15, 0.2) is 116 Å². The van der Waals surface area contributed by atoms with Crippen molar-refractivity contribution < 1.29 is 29.0 Å². The summed E-state index contributed by atoms with van der Waals surface area (Å²) < 4.78 is 12.7. The molecule has 3 amide bonds. The summed E-state index contributed by atoms with van der Waals surface area (Å²) in [5.74, 6) is 0.0292. The first kappa shape index (κ1) is 36.7. The molecule has 2 aliphatic rings. The molecule has 4 aromatic rings. The van der Waals surface area contributed by atoms with Gasteiger partial charge in [0.15, 0.2) is 5.60 Å². The number of ether oxygens (including phenoxy) is 2. The lowest BCUT2D eigenvalue weighted by Gasteiger charge is -2.37. The summed E-state index contributed by atoms with van der Waals surface area (Å²) in [6.45, 7) is 11.2. The predicted octanol–water partition coefficient (Wildman–Crippen LogP) is 6.15. The van der Waals surface area contributed by atoms with E-state index in [-0.39, 0.29) is 49.4 Å². The van der Waals surface area contributed by atoms with E-state index in [2.05, 4.69) is 38.7 Å². The number of methoxy groups -OCH3 is 1. The smallest absolute Gasteiger partial charge is 0.264 e. The molecular formula is C42H47N3O6Si. The van der Waals surface area contributed by atoms with Crippen LogP contribution in [0, 0.1) is 5.92 Å². The number of rotatable bonds is 14. The molecule has 0 unspecified atom stereocenters. The molecular weight excluding hydrogens is 671 g/mol. The number of amides is 3. The van der Waals surface area contributed by atoms with E-state index in [9.17, 15) is 19.5 Å². The zero-order chi connectivity index (χ0) is 37.0. The topological polar surface area (TPSA) is 99.6 Å². The Morgan fingerprint density at radius 2 is 1.67 bits per heavy atom. The Balaban J connectivity index is 1.47. The lowest BCUT2D eigenvalue weighted by Crippen LogP contribution is -2.52. The molecule has 2 aliphatic heterocycles. The highest BCUT2D eigenvalue weighted by Gasteiger charge is 2.66. The number of hydrogen-bond donors (Lipinski definition) is 1. The average Bonchev–Trinajstić information content (AvgIpc) is 3.58. The number of carbonyl (C=O) groups is 3. The minimum absolute atomic E-state index is 0.0322. The highest BCUT2D eigenvalue weighted by atomic mass is 28.3. The monoisotopic (exact) mass is 717 g/mol. The van der Waals surface area contributed by atoms with Crippen LogP contribution >= 0.6 is 0 Å². The second-order valence-corrected chi connectivity index (χ2v) is 18.8. The molecule has 0 aliphatic carbocycles. The van der Waals surface area contributed by atoms with Gasteiger partial charge in [-0.1, -0.05) is 91.9 Å². The largest absolute Gasteiger partial charge is 0.497 e. The van der Waals surface area contributed by atoms with E-state index < -0.39 is 19.8 Å². The van der Waals surface area contributed by atoms with Crippen molar-refractivity contribution in [1.82, 2.24) is 4.90 Å². The van der Waals surface area contributed by atoms with Gasteiger partial charge in [-0.15, -0.1) is 6.58 Å². The molecule has 1 fully saturated rings. The highest BCUT2D eigenvalue weighted by molar-refractivity contribution is 6.91. The van der Waals surface area contributed by atoms with Crippen molar-refractivity contribution in [2.45, 2.75) is 50.2 Å². The Bertz CT molecular complexity index is 1900. The number of anilines is 3. The number of para-hydroxylation sites is 1. The van der Waals surface area contributed by atoms with Crippen molar-refractivity contribution in [3.05, 3.63) is 127 Å². The van der Waals surface area contributed by atoms with Gasteiger partial charge < -0.3 is 24.4 Å². The zero-order valence-corrected chi connectivity index (χ0v) is 31.3. The summed E-state index contributed by atoms with van der Waals surface area (Å²) in [5, 5.41) is 11.1. The number of hydrogen-bond acceptors (Lipinski definition) is 6. The molecule has 0 saturated carbocycles. The number of aliphatic hydroxyl groups excluding tert-OH is 1. The van der Waals surface area contributed by atoms with Crippen LogP contribution in [0.2, 0.25) is 18.6 Å². The predicted molar refractivity (Wildman–Crippen MR) is 207 cm³/mol. The normalized spacial score (nSPS) is 20.8. The van der Waals surface area contributed by atoms with Gasteiger partial charge >= 0.3 is 0 Å². The maximum atomic E-state index is 14.9. The Morgan fingerprint density at radius 3 is 2.29 bits per heavy atom. The van der Waals surface area contributed by atoms with Crippen molar-refractivity contribution in [1.29, 1.82) is 0 Å². The standard InChI is InChI=1S/C42H47N3O6Si/c1-6-23-44-37-22-17-33(45(29-47)32-15-11-8-12-16-32)26-36(37)42(41(44)49)30(2)40(52(4,5)35-20-18-34(50-3)19-21-35)38(51-42)27-39(48)43(24-25-46)28-31-13-9-7-10-14-31/h6-22,26,29-30,38,40,46H,1,23-25,27-28H2,2-5H3/t30-,38+,40-,42+/m0/s1. The fraction of sp³-hybridized carbons (Fsp3) is 0.310. The first-order valence-electron chi connectivity index (χ1n) is 17.7. The number of fused-ring (bicyclic) bond motifs is 2. The highest BCUT2D eigenvalue weighted by Crippen LogP contribution is 2.60. The van der Waals surface area contributed by atoms with E-state index in [1.807, 2.05) is 91.0 Å². The van der Waals surface area contributed by atoms with Crippen molar-refractivity contribution in [3.63, 3.8) is 0 Å². The zero-order valence-electron chi connectivity index (χ0n) is 30.3. The number of benzene rings is 4. The van der Waals surface area contributed by atoms with Crippen LogP contribution in [0.5, 0.6) is 5.75 Å². The third kappa shape index (κ3) is 6.58. The van der Waals surface area contributed by atoms with Gasteiger partial charge in [-0.25, -0.2) is 0 Å². The Hall–Kier alpha value is -5.03. The lowest BCUT2D eigenvalue weighted by molar-refractivity contribution is -0.149. The van der Waals surface area contributed by atoms with Gasteiger partial charge in [0.05, 0.1) is 40.0 Å². The third-order valence-corrected chi connectivity index (χ3v) is 15.2. The van der Waals surface area contributed by atoms with Crippen LogP contribution in [-0.4, -0.2) is 69.2 Å². The lowest BCUT2D eigenvalue weighted by atomic mass is 9.82. The summed E-state index contributed by atoms with van der Waals surface area (Å²) in [4.78, 5) is 46.7. The minimum atomic E-state index is -2.54. The Kier molecular flexibility index (Phi) is 10.8. The molecule has 10 heteroatoms. The molecule has 270 valence electrons. The Labute approximate surface area is 307 Å². The van der Waals surface area contributed by atoms with Crippen LogP contribution in [0.4, 0.5) is 17.1 Å². The Morgan fingerprint density at radius 1 is 1.00 bits per heavy atom. The van der Waals surface area contributed by atoms with Crippen molar-refractivity contribution in [2.24, 2.45) is 5.92 Å². The molecule has 6 rings (SSSR count). The van der Waals surface area contributed by atoms with Crippen LogP contribution in [0.1, 0.15) is 24.5 Å². The minimum Gasteiger partial charge on any atom is -0.497 e. The molecule has 52 heavy (non-hydrogen) atoms. The summed E-state index contributed by atoms with van der Waals surface area (Å²) in [5.41, 5.74) is 2.00. The van der Waals surface area contributed by atoms with Gasteiger partial charge in [-0.2, -0.15) is 0 Å². The fourth-order valence-corrected chi connectivity index (χ4v) is 12.3. The van der Waals surface area contributed by atoms with Gasteiger partial charge in [0.1, 0.15) is 5.75 Å². The molecule has 0 aromatic heterocycles. The summed E-state index contributed by atoms with van der Waals surface area (Å²) >= 11 is 0. The van der Waals surface area contributed by atoms with Gasteiger partial charge in [-0.3, -0.25) is 19.3 Å². The average molecular weight is 718 g/mol. The van der Waals surface area contributed by atoms with E-state index in [0.29, 0.717) is 29.2 Å². The van der Waals surface area contributed by atoms with Crippen molar-refractivity contribution in [2.75, 3.05) is 36.6 Å². The SMILES string of the molecule is C=CCN1C(=O)[C@]2(O[C@H](CC(=O)N(CCO)Cc3ccccc3)[C@@H]([Si](C)(C)c3ccc(OC)cc3)[C@@H]2C)c2cc(N(C=O)c3ccccc3)ccc21. The number of aliphatic hydroxyl groups is 1. The third-order valence-electron chi connectivity index (χ3n) is 10.9. The van der Waals surface area contributed by atoms with Crippen molar-refractivity contribution >= 4 is 48.5 Å². The molecule has 4 atom stereocenters. The molecule has 2 heterocycles.